The molecule has 0 aromatic carbocycles. The van der Waals surface area contributed by atoms with Gasteiger partial charge in [0.25, 0.3) is 5.91 Å². The van der Waals surface area contributed by atoms with Gasteiger partial charge in [0.05, 0.1) is 11.8 Å². The zero-order valence-electron chi connectivity index (χ0n) is 9.44. The van der Waals surface area contributed by atoms with Gasteiger partial charge >= 0.3 is 0 Å². The lowest BCUT2D eigenvalue weighted by molar-refractivity contribution is 0.0533. The molecule has 2 rings (SSSR count). The van der Waals surface area contributed by atoms with Crippen molar-refractivity contribution in [1.29, 1.82) is 0 Å². The van der Waals surface area contributed by atoms with Gasteiger partial charge in [-0.3, -0.25) is 4.79 Å². The number of rotatable bonds is 1. The minimum Gasteiger partial charge on any atom is -0.452 e. The Kier molecular flexibility index (Phi) is 3.21. The fraction of sp³-hybridized carbons (Fsp3) is 0.545. The van der Waals surface area contributed by atoms with Crippen molar-refractivity contribution >= 4 is 17.5 Å². The van der Waals surface area contributed by atoms with E-state index in [-0.39, 0.29) is 17.2 Å². The molecule has 1 aromatic rings. The topological polar surface area (TPSA) is 36.7 Å². The monoisotopic (exact) mass is 242 g/mol. The number of amides is 1. The number of nitrogens with zero attached hydrogens (tertiary/aromatic N) is 2. The van der Waals surface area contributed by atoms with E-state index in [2.05, 4.69) is 11.9 Å². The minimum atomic E-state index is -0.0423. The molecule has 1 fully saturated rings. The zero-order valence-corrected chi connectivity index (χ0v) is 10.2. The van der Waals surface area contributed by atoms with E-state index < -0.39 is 0 Å². The lowest BCUT2D eigenvalue weighted by atomic mass is 10.1. The molecule has 0 aliphatic carbocycles. The second kappa shape index (κ2) is 4.47. The number of hydrogen-bond donors (Lipinski definition) is 0. The quantitative estimate of drug-likeness (QED) is 0.752. The molecular formula is C11H15ClN2O2. The summed E-state index contributed by atoms with van der Waals surface area (Å²) < 4.78 is 4.94. The summed E-state index contributed by atoms with van der Waals surface area (Å²) in [6, 6.07) is 1.83. The third-order valence-electron chi connectivity index (χ3n) is 2.94. The van der Waals surface area contributed by atoms with Crippen molar-refractivity contribution in [2.45, 2.75) is 13.0 Å². The van der Waals surface area contributed by atoms with E-state index in [1.807, 2.05) is 11.8 Å². The van der Waals surface area contributed by atoms with Gasteiger partial charge in [0.2, 0.25) is 5.22 Å². The summed E-state index contributed by atoms with van der Waals surface area (Å²) in [5, 5.41) is 0.177. The fourth-order valence-corrected chi connectivity index (χ4v) is 2.24. The van der Waals surface area contributed by atoms with E-state index in [0.29, 0.717) is 5.56 Å². The standard InChI is InChI=1S/C11H15ClN2O2/c1-8-7-13(2)4-5-14(8)11(15)9-3-6-16-10(9)12/h3,6,8H,4-5,7H2,1-2H3. The van der Waals surface area contributed by atoms with Crippen LogP contribution in [0.5, 0.6) is 0 Å². The summed E-state index contributed by atoms with van der Waals surface area (Å²) >= 11 is 5.81. The Balaban J connectivity index is 2.14. The molecule has 0 N–H and O–H groups in total. The number of likely N-dealkylation sites (N-methyl/N-ethyl adjacent to an activating group) is 1. The van der Waals surface area contributed by atoms with Gasteiger partial charge in [-0.05, 0) is 31.6 Å². The normalized spacial score (nSPS) is 22.4. The molecule has 1 saturated heterocycles. The average Bonchev–Trinajstić information content (AvgIpc) is 2.63. The van der Waals surface area contributed by atoms with E-state index in [1.165, 1.54) is 6.26 Å². The average molecular weight is 243 g/mol. The summed E-state index contributed by atoms with van der Waals surface area (Å²) in [4.78, 5) is 16.2. The maximum Gasteiger partial charge on any atom is 0.259 e. The van der Waals surface area contributed by atoms with Gasteiger partial charge in [0.1, 0.15) is 0 Å². The summed E-state index contributed by atoms with van der Waals surface area (Å²) in [6.45, 7) is 4.56. The van der Waals surface area contributed by atoms with Gasteiger partial charge in [0, 0.05) is 25.7 Å². The van der Waals surface area contributed by atoms with Crippen LogP contribution < -0.4 is 0 Å². The molecule has 0 spiro atoms. The van der Waals surface area contributed by atoms with E-state index in [0.717, 1.165) is 19.6 Å². The Morgan fingerprint density at radius 3 is 2.88 bits per heavy atom. The van der Waals surface area contributed by atoms with Crippen molar-refractivity contribution in [1.82, 2.24) is 9.80 Å². The summed E-state index contributed by atoms with van der Waals surface area (Å²) in [5.74, 6) is -0.0423. The van der Waals surface area contributed by atoms with Gasteiger partial charge in [-0.15, -0.1) is 0 Å². The van der Waals surface area contributed by atoms with Crippen molar-refractivity contribution in [2.24, 2.45) is 0 Å². The third kappa shape index (κ3) is 2.08. The molecule has 0 radical (unpaired) electrons. The molecule has 2 heterocycles. The highest BCUT2D eigenvalue weighted by atomic mass is 35.5. The van der Waals surface area contributed by atoms with Crippen molar-refractivity contribution < 1.29 is 9.21 Å². The molecule has 88 valence electrons. The molecule has 1 aromatic heterocycles. The number of furan rings is 1. The molecule has 0 saturated carbocycles. The SMILES string of the molecule is CC1CN(C)CCN1C(=O)c1ccoc1Cl. The summed E-state index contributed by atoms with van der Waals surface area (Å²) in [7, 11) is 2.06. The van der Waals surface area contributed by atoms with Gasteiger partial charge in [-0.25, -0.2) is 0 Å². The summed E-state index contributed by atoms with van der Waals surface area (Å²) in [6.07, 6.45) is 1.44. The van der Waals surface area contributed by atoms with Gasteiger partial charge in [-0.1, -0.05) is 0 Å². The number of piperazine rings is 1. The maximum absolute atomic E-state index is 12.2. The van der Waals surface area contributed by atoms with Crippen LogP contribution in [0.1, 0.15) is 17.3 Å². The molecular weight excluding hydrogens is 228 g/mol. The van der Waals surface area contributed by atoms with Crippen LogP contribution in [0.25, 0.3) is 0 Å². The van der Waals surface area contributed by atoms with Crippen LogP contribution in [0.2, 0.25) is 5.22 Å². The van der Waals surface area contributed by atoms with E-state index in [1.54, 1.807) is 6.07 Å². The number of carbonyl (C=O) groups excluding carboxylic acids is 1. The Morgan fingerprint density at radius 2 is 2.31 bits per heavy atom. The highest BCUT2D eigenvalue weighted by molar-refractivity contribution is 6.32. The largest absolute Gasteiger partial charge is 0.452 e. The van der Waals surface area contributed by atoms with Crippen molar-refractivity contribution in [3.05, 3.63) is 23.1 Å². The minimum absolute atomic E-state index is 0.0423. The van der Waals surface area contributed by atoms with Crippen LogP contribution in [0.4, 0.5) is 0 Å². The van der Waals surface area contributed by atoms with Gasteiger partial charge in [0.15, 0.2) is 0 Å². The van der Waals surface area contributed by atoms with Crippen molar-refractivity contribution in [2.75, 3.05) is 26.7 Å². The number of hydrogen-bond acceptors (Lipinski definition) is 3. The number of carbonyl (C=O) groups is 1. The maximum atomic E-state index is 12.2. The van der Waals surface area contributed by atoms with Crippen LogP contribution >= 0.6 is 11.6 Å². The Morgan fingerprint density at radius 1 is 1.56 bits per heavy atom. The number of halogens is 1. The second-order valence-electron chi connectivity index (χ2n) is 4.22. The lowest BCUT2D eigenvalue weighted by Crippen LogP contribution is -2.52. The molecule has 1 aliphatic rings. The third-order valence-corrected chi connectivity index (χ3v) is 3.23. The predicted molar refractivity (Wildman–Crippen MR) is 61.7 cm³/mol. The first-order valence-electron chi connectivity index (χ1n) is 5.32. The van der Waals surface area contributed by atoms with Crippen LogP contribution in [-0.4, -0.2) is 48.4 Å². The predicted octanol–water partition coefficient (Wildman–Crippen LogP) is 1.71. The molecule has 5 heteroatoms. The van der Waals surface area contributed by atoms with E-state index >= 15 is 0 Å². The molecule has 16 heavy (non-hydrogen) atoms. The lowest BCUT2D eigenvalue weighted by Gasteiger charge is -2.38. The van der Waals surface area contributed by atoms with Crippen LogP contribution in [0.3, 0.4) is 0 Å². The Hall–Kier alpha value is -1.00. The van der Waals surface area contributed by atoms with Crippen molar-refractivity contribution in [3.8, 4) is 0 Å². The highest BCUT2D eigenvalue weighted by Gasteiger charge is 2.28. The fourth-order valence-electron chi connectivity index (χ4n) is 2.04. The molecule has 1 unspecified atom stereocenters. The van der Waals surface area contributed by atoms with E-state index in [9.17, 15) is 4.79 Å². The van der Waals surface area contributed by atoms with Crippen LogP contribution in [0, 0.1) is 0 Å². The molecule has 1 amide bonds. The van der Waals surface area contributed by atoms with E-state index in [4.69, 9.17) is 16.0 Å². The first kappa shape index (κ1) is 11.5. The molecule has 1 aliphatic heterocycles. The highest BCUT2D eigenvalue weighted by Crippen LogP contribution is 2.20. The van der Waals surface area contributed by atoms with Gasteiger partial charge in [-0.2, -0.15) is 0 Å². The smallest absolute Gasteiger partial charge is 0.259 e. The van der Waals surface area contributed by atoms with Crippen LogP contribution in [0.15, 0.2) is 16.7 Å². The van der Waals surface area contributed by atoms with Gasteiger partial charge < -0.3 is 14.2 Å². The first-order chi connectivity index (χ1) is 7.59. The zero-order chi connectivity index (χ0) is 11.7. The molecule has 1 atom stereocenters. The Bertz CT molecular complexity index is 391. The molecule has 4 nitrogen and oxygen atoms in total. The Labute approximate surface area is 99.8 Å². The first-order valence-corrected chi connectivity index (χ1v) is 5.70. The van der Waals surface area contributed by atoms with Crippen molar-refractivity contribution in [3.63, 3.8) is 0 Å². The second-order valence-corrected chi connectivity index (χ2v) is 4.56. The molecule has 0 bridgehead atoms. The van der Waals surface area contributed by atoms with Crippen LogP contribution in [-0.2, 0) is 0 Å². The summed E-state index contributed by atoms with van der Waals surface area (Å²) in [5.41, 5.74) is 0.457.